The average Bonchev–Trinajstić information content (AvgIpc) is 2.73. The van der Waals surface area contributed by atoms with Gasteiger partial charge in [-0.2, -0.15) is 0 Å². The van der Waals surface area contributed by atoms with Crippen molar-refractivity contribution >= 4 is 11.8 Å². The molecule has 3 N–H and O–H groups in total. The lowest BCUT2D eigenvalue weighted by atomic mass is 10.1. The number of hydrogen-bond acceptors (Lipinski definition) is 4. The molecule has 0 aromatic heterocycles. The molecule has 3 rings (SSSR count). The summed E-state index contributed by atoms with van der Waals surface area (Å²) < 4.78 is 11.2. The SMILES string of the molecule is NC(=O)c1cccc(CNC(=O)COc2ccc(Oc3ccccc3)cc2)c1. The van der Waals surface area contributed by atoms with Crippen molar-refractivity contribution in [3.05, 3.63) is 90.0 Å². The molecule has 28 heavy (non-hydrogen) atoms. The van der Waals surface area contributed by atoms with Gasteiger partial charge in [-0.3, -0.25) is 9.59 Å². The van der Waals surface area contributed by atoms with E-state index in [0.717, 1.165) is 11.3 Å². The van der Waals surface area contributed by atoms with Gasteiger partial charge in [0.1, 0.15) is 17.2 Å². The van der Waals surface area contributed by atoms with Crippen LogP contribution in [0.3, 0.4) is 0 Å². The highest BCUT2D eigenvalue weighted by Crippen LogP contribution is 2.23. The maximum absolute atomic E-state index is 12.0. The van der Waals surface area contributed by atoms with Gasteiger partial charge >= 0.3 is 0 Å². The van der Waals surface area contributed by atoms with E-state index >= 15 is 0 Å². The van der Waals surface area contributed by atoms with Gasteiger partial charge < -0.3 is 20.5 Å². The molecule has 0 bridgehead atoms. The van der Waals surface area contributed by atoms with Crippen molar-refractivity contribution in [3.8, 4) is 17.2 Å². The van der Waals surface area contributed by atoms with Crippen LogP contribution in [0.15, 0.2) is 78.9 Å². The van der Waals surface area contributed by atoms with Crippen molar-refractivity contribution in [1.29, 1.82) is 0 Å². The van der Waals surface area contributed by atoms with Crippen LogP contribution in [0.25, 0.3) is 0 Å². The second-order valence-electron chi connectivity index (χ2n) is 6.02. The van der Waals surface area contributed by atoms with Gasteiger partial charge in [-0.15, -0.1) is 0 Å². The number of carbonyl (C=O) groups is 2. The molecule has 0 fully saturated rings. The van der Waals surface area contributed by atoms with Crippen LogP contribution in [0.4, 0.5) is 0 Å². The van der Waals surface area contributed by atoms with E-state index in [0.29, 0.717) is 17.1 Å². The molecule has 3 aromatic carbocycles. The molecule has 6 nitrogen and oxygen atoms in total. The molecule has 2 amide bonds. The van der Waals surface area contributed by atoms with E-state index in [4.69, 9.17) is 15.2 Å². The Hall–Kier alpha value is -3.80. The number of amides is 2. The molecule has 0 atom stereocenters. The van der Waals surface area contributed by atoms with Crippen LogP contribution < -0.4 is 20.5 Å². The summed E-state index contributed by atoms with van der Waals surface area (Å²) in [4.78, 5) is 23.1. The summed E-state index contributed by atoms with van der Waals surface area (Å²) in [5.41, 5.74) is 6.44. The summed E-state index contributed by atoms with van der Waals surface area (Å²) in [5.74, 6) is 1.21. The third-order valence-electron chi connectivity index (χ3n) is 3.87. The molecular formula is C22H20N2O4. The van der Waals surface area contributed by atoms with E-state index in [9.17, 15) is 9.59 Å². The van der Waals surface area contributed by atoms with Crippen molar-refractivity contribution in [2.45, 2.75) is 6.54 Å². The summed E-state index contributed by atoms with van der Waals surface area (Å²) in [6.07, 6.45) is 0. The topological polar surface area (TPSA) is 90.7 Å². The van der Waals surface area contributed by atoms with E-state index < -0.39 is 5.91 Å². The fourth-order valence-corrected chi connectivity index (χ4v) is 2.46. The van der Waals surface area contributed by atoms with E-state index in [1.807, 2.05) is 30.3 Å². The van der Waals surface area contributed by atoms with Gasteiger partial charge in [0.05, 0.1) is 0 Å². The maximum atomic E-state index is 12.0. The molecule has 0 saturated heterocycles. The van der Waals surface area contributed by atoms with Gasteiger partial charge in [-0.05, 0) is 54.1 Å². The van der Waals surface area contributed by atoms with Crippen LogP contribution in [0.1, 0.15) is 15.9 Å². The van der Waals surface area contributed by atoms with Crippen LogP contribution in [0.5, 0.6) is 17.2 Å². The van der Waals surface area contributed by atoms with Crippen LogP contribution >= 0.6 is 0 Å². The molecule has 6 heteroatoms. The number of nitrogens with two attached hydrogens (primary N) is 1. The molecule has 0 spiro atoms. The Labute approximate surface area is 162 Å². The van der Waals surface area contributed by atoms with Crippen molar-refractivity contribution in [2.75, 3.05) is 6.61 Å². The molecule has 142 valence electrons. The average molecular weight is 376 g/mol. The Kier molecular flexibility index (Phi) is 6.25. The fraction of sp³-hybridized carbons (Fsp3) is 0.0909. The normalized spacial score (nSPS) is 10.1. The Morgan fingerprint density at radius 2 is 1.50 bits per heavy atom. The van der Waals surface area contributed by atoms with Gasteiger partial charge in [-0.25, -0.2) is 0 Å². The lowest BCUT2D eigenvalue weighted by Crippen LogP contribution is -2.28. The summed E-state index contributed by atoms with van der Waals surface area (Å²) in [6, 6.07) is 23.3. The van der Waals surface area contributed by atoms with Gasteiger partial charge in [-0.1, -0.05) is 30.3 Å². The molecule has 0 aliphatic carbocycles. The van der Waals surface area contributed by atoms with Gasteiger partial charge in [0.2, 0.25) is 5.91 Å². The second kappa shape index (κ2) is 9.23. The first kappa shape index (κ1) is 19.0. The third kappa shape index (κ3) is 5.60. The molecule has 0 saturated carbocycles. The van der Waals surface area contributed by atoms with Crippen LogP contribution in [0, 0.1) is 0 Å². The first-order chi connectivity index (χ1) is 13.6. The zero-order valence-electron chi connectivity index (χ0n) is 15.1. The Bertz CT molecular complexity index is 940. The standard InChI is InChI=1S/C22H20N2O4/c23-22(26)17-6-4-5-16(13-17)14-24-21(25)15-27-18-9-11-20(12-10-18)28-19-7-2-1-3-8-19/h1-13H,14-15H2,(H2,23,26)(H,24,25). The smallest absolute Gasteiger partial charge is 0.258 e. The molecule has 0 unspecified atom stereocenters. The fourth-order valence-electron chi connectivity index (χ4n) is 2.46. The molecule has 3 aromatic rings. The number of ether oxygens (including phenoxy) is 2. The van der Waals surface area contributed by atoms with Crippen molar-refractivity contribution < 1.29 is 19.1 Å². The summed E-state index contributed by atoms with van der Waals surface area (Å²) >= 11 is 0. The zero-order chi connectivity index (χ0) is 19.8. The quantitative estimate of drug-likeness (QED) is 0.631. The third-order valence-corrected chi connectivity index (χ3v) is 3.87. The van der Waals surface area contributed by atoms with Gasteiger partial charge in [0.25, 0.3) is 5.91 Å². The van der Waals surface area contributed by atoms with Crippen LogP contribution in [0.2, 0.25) is 0 Å². The van der Waals surface area contributed by atoms with Crippen molar-refractivity contribution in [2.24, 2.45) is 5.73 Å². The zero-order valence-corrected chi connectivity index (χ0v) is 15.1. The molecule has 0 aliphatic heterocycles. The Morgan fingerprint density at radius 3 is 2.21 bits per heavy atom. The molecular weight excluding hydrogens is 356 g/mol. The second-order valence-corrected chi connectivity index (χ2v) is 6.02. The van der Waals surface area contributed by atoms with E-state index in [2.05, 4.69) is 5.32 Å². The van der Waals surface area contributed by atoms with Crippen molar-refractivity contribution in [1.82, 2.24) is 5.32 Å². The Morgan fingerprint density at radius 1 is 0.821 bits per heavy atom. The van der Waals surface area contributed by atoms with Crippen LogP contribution in [-0.2, 0) is 11.3 Å². The number of carbonyl (C=O) groups excluding carboxylic acids is 2. The lowest BCUT2D eigenvalue weighted by molar-refractivity contribution is -0.123. The predicted octanol–water partition coefficient (Wildman–Crippen LogP) is 3.27. The van der Waals surface area contributed by atoms with E-state index in [-0.39, 0.29) is 19.1 Å². The number of para-hydroxylation sites is 1. The maximum Gasteiger partial charge on any atom is 0.258 e. The number of hydrogen-bond donors (Lipinski definition) is 2. The predicted molar refractivity (Wildman–Crippen MR) is 105 cm³/mol. The minimum Gasteiger partial charge on any atom is -0.484 e. The van der Waals surface area contributed by atoms with Crippen LogP contribution in [-0.4, -0.2) is 18.4 Å². The Balaban J connectivity index is 1.45. The highest BCUT2D eigenvalue weighted by Gasteiger charge is 2.05. The molecule has 0 radical (unpaired) electrons. The number of primary amides is 1. The molecule has 0 heterocycles. The highest BCUT2D eigenvalue weighted by molar-refractivity contribution is 5.92. The molecule has 0 aliphatic rings. The summed E-state index contributed by atoms with van der Waals surface area (Å²) in [6.45, 7) is 0.168. The highest BCUT2D eigenvalue weighted by atomic mass is 16.5. The van der Waals surface area contributed by atoms with Crippen molar-refractivity contribution in [3.63, 3.8) is 0 Å². The monoisotopic (exact) mass is 376 g/mol. The number of nitrogens with one attached hydrogen (secondary N) is 1. The first-order valence-electron chi connectivity index (χ1n) is 8.71. The first-order valence-corrected chi connectivity index (χ1v) is 8.71. The largest absolute Gasteiger partial charge is 0.484 e. The summed E-state index contributed by atoms with van der Waals surface area (Å²) in [5, 5.41) is 2.74. The van der Waals surface area contributed by atoms with Gasteiger partial charge in [0.15, 0.2) is 6.61 Å². The summed E-state index contributed by atoms with van der Waals surface area (Å²) in [7, 11) is 0. The van der Waals surface area contributed by atoms with E-state index in [1.54, 1.807) is 48.5 Å². The minimum absolute atomic E-state index is 0.117. The van der Waals surface area contributed by atoms with E-state index in [1.165, 1.54) is 0 Å². The number of benzene rings is 3. The number of rotatable bonds is 8. The minimum atomic E-state index is -0.504. The van der Waals surface area contributed by atoms with Gasteiger partial charge in [0, 0.05) is 12.1 Å². The lowest BCUT2D eigenvalue weighted by Gasteiger charge is -2.09.